The summed E-state index contributed by atoms with van der Waals surface area (Å²) in [5.41, 5.74) is 1.41. The van der Waals surface area contributed by atoms with Crippen molar-refractivity contribution in [3.63, 3.8) is 0 Å². The highest BCUT2D eigenvalue weighted by atomic mass is 32.1. The van der Waals surface area contributed by atoms with E-state index in [9.17, 15) is 5.26 Å². The first kappa shape index (κ1) is 14.9. The van der Waals surface area contributed by atoms with Gasteiger partial charge in [0.2, 0.25) is 5.75 Å². The molecule has 0 radical (unpaired) electrons. The number of methoxy groups -OCH3 is 3. The minimum atomic E-state index is 0.534. The highest BCUT2D eigenvalue weighted by Gasteiger charge is 2.13. The molecule has 0 N–H and O–H groups in total. The molecule has 0 aliphatic carbocycles. The Morgan fingerprint density at radius 3 is 2.24 bits per heavy atom. The van der Waals surface area contributed by atoms with Crippen molar-refractivity contribution in [2.75, 3.05) is 21.3 Å². The maximum atomic E-state index is 9.31. The van der Waals surface area contributed by atoms with Crippen LogP contribution in [0, 0.1) is 11.3 Å². The van der Waals surface area contributed by atoms with Gasteiger partial charge in [-0.05, 0) is 35.2 Å². The zero-order valence-corrected chi connectivity index (χ0v) is 12.9. The second-order valence-electron chi connectivity index (χ2n) is 4.11. The molecule has 0 unspecified atom stereocenters. The quantitative estimate of drug-likeness (QED) is 0.787. The van der Waals surface area contributed by atoms with E-state index >= 15 is 0 Å². The van der Waals surface area contributed by atoms with Crippen LogP contribution >= 0.6 is 11.3 Å². The van der Waals surface area contributed by atoms with Crippen molar-refractivity contribution in [2.24, 2.45) is 0 Å². The van der Waals surface area contributed by atoms with Crippen LogP contribution in [0.5, 0.6) is 17.2 Å². The van der Waals surface area contributed by atoms with Crippen LogP contribution in [0.4, 0.5) is 0 Å². The second-order valence-corrected chi connectivity index (χ2v) is 5.05. The van der Waals surface area contributed by atoms with Gasteiger partial charge in [0.25, 0.3) is 0 Å². The lowest BCUT2D eigenvalue weighted by molar-refractivity contribution is 0.324. The average molecular weight is 301 g/mol. The van der Waals surface area contributed by atoms with E-state index in [0.717, 1.165) is 10.4 Å². The van der Waals surface area contributed by atoms with Gasteiger partial charge >= 0.3 is 0 Å². The maximum Gasteiger partial charge on any atom is 0.203 e. The number of hydrogen-bond acceptors (Lipinski definition) is 5. The molecule has 1 heterocycles. The molecule has 4 nitrogen and oxygen atoms in total. The Hall–Kier alpha value is -2.45. The van der Waals surface area contributed by atoms with E-state index in [1.54, 1.807) is 27.4 Å². The van der Waals surface area contributed by atoms with E-state index in [1.807, 2.05) is 29.6 Å². The molecule has 0 aliphatic rings. The summed E-state index contributed by atoms with van der Waals surface area (Å²) in [5.74, 6) is 1.66. The SMILES string of the molecule is COc1cc(C=C(C#N)c2cccs2)cc(OC)c1OC. The van der Waals surface area contributed by atoms with E-state index in [0.29, 0.717) is 22.8 Å². The third-order valence-electron chi connectivity index (χ3n) is 2.91. The van der Waals surface area contributed by atoms with Gasteiger partial charge in [0.15, 0.2) is 11.5 Å². The summed E-state index contributed by atoms with van der Waals surface area (Å²) >= 11 is 1.52. The molecule has 0 bridgehead atoms. The smallest absolute Gasteiger partial charge is 0.203 e. The van der Waals surface area contributed by atoms with Crippen molar-refractivity contribution in [1.82, 2.24) is 0 Å². The summed E-state index contributed by atoms with van der Waals surface area (Å²) in [6, 6.07) is 9.67. The van der Waals surface area contributed by atoms with Crippen molar-refractivity contribution < 1.29 is 14.2 Å². The number of nitrogens with zero attached hydrogens (tertiary/aromatic N) is 1. The summed E-state index contributed by atoms with van der Waals surface area (Å²) in [5, 5.41) is 11.3. The van der Waals surface area contributed by atoms with E-state index in [2.05, 4.69) is 6.07 Å². The first-order valence-electron chi connectivity index (χ1n) is 6.19. The predicted octanol–water partition coefficient (Wildman–Crippen LogP) is 3.84. The Kier molecular flexibility index (Phi) is 4.85. The molecular formula is C16H15NO3S. The predicted molar refractivity (Wildman–Crippen MR) is 83.9 cm³/mol. The van der Waals surface area contributed by atoms with Crippen LogP contribution in [0.2, 0.25) is 0 Å². The van der Waals surface area contributed by atoms with E-state index < -0.39 is 0 Å². The normalized spacial score (nSPS) is 10.9. The zero-order valence-electron chi connectivity index (χ0n) is 12.0. The van der Waals surface area contributed by atoms with Crippen LogP contribution in [-0.2, 0) is 0 Å². The van der Waals surface area contributed by atoms with Gasteiger partial charge in [0, 0.05) is 4.88 Å². The number of nitriles is 1. The van der Waals surface area contributed by atoms with Gasteiger partial charge in [-0.2, -0.15) is 5.26 Å². The van der Waals surface area contributed by atoms with Crippen LogP contribution in [0.3, 0.4) is 0 Å². The molecule has 0 saturated carbocycles. The molecule has 21 heavy (non-hydrogen) atoms. The molecule has 0 saturated heterocycles. The lowest BCUT2D eigenvalue weighted by Crippen LogP contribution is -1.95. The number of rotatable bonds is 5. The van der Waals surface area contributed by atoms with Gasteiger partial charge < -0.3 is 14.2 Å². The van der Waals surface area contributed by atoms with Crippen molar-refractivity contribution in [2.45, 2.75) is 0 Å². The van der Waals surface area contributed by atoms with Gasteiger partial charge in [-0.15, -0.1) is 11.3 Å². The summed E-state index contributed by atoms with van der Waals surface area (Å²) in [6.07, 6.45) is 1.80. The molecule has 0 amide bonds. The fourth-order valence-corrected chi connectivity index (χ4v) is 2.63. The lowest BCUT2D eigenvalue weighted by atomic mass is 10.1. The molecule has 1 aromatic heterocycles. The molecule has 2 rings (SSSR count). The third kappa shape index (κ3) is 3.18. The first-order valence-corrected chi connectivity index (χ1v) is 7.07. The number of ether oxygens (including phenoxy) is 3. The van der Waals surface area contributed by atoms with Gasteiger partial charge in [-0.1, -0.05) is 6.07 Å². The molecule has 0 fully saturated rings. The Bertz CT molecular complexity index is 659. The monoisotopic (exact) mass is 301 g/mol. The van der Waals surface area contributed by atoms with Gasteiger partial charge in [-0.3, -0.25) is 0 Å². The molecule has 0 aliphatic heterocycles. The van der Waals surface area contributed by atoms with Crippen LogP contribution < -0.4 is 14.2 Å². The number of thiophene rings is 1. The highest BCUT2D eigenvalue weighted by Crippen LogP contribution is 2.39. The molecule has 0 atom stereocenters. The fourth-order valence-electron chi connectivity index (χ4n) is 1.94. The van der Waals surface area contributed by atoms with E-state index in [-0.39, 0.29) is 0 Å². The molecule has 2 aromatic rings. The average Bonchev–Trinajstić information content (AvgIpc) is 3.05. The topological polar surface area (TPSA) is 51.5 Å². The van der Waals surface area contributed by atoms with Crippen molar-refractivity contribution in [3.8, 4) is 23.3 Å². The zero-order chi connectivity index (χ0) is 15.2. The fraction of sp³-hybridized carbons (Fsp3) is 0.188. The van der Waals surface area contributed by atoms with Crippen LogP contribution in [0.1, 0.15) is 10.4 Å². The van der Waals surface area contributed by atoms with E-state index in [4.69, 9.17) is 14.2 Å². The molecular weight excluding hydrogens is 286 g/mol. The van der Waals surface area contributed by atoms with Crippen molar-refractivity contribution >= 4 is 23.0 Å². The molecule has 5 heteroatoms. The Morgan fingerprint density at radius 1 is 1.14 bits per heavy atom. The highest BCUT2D eigenvalue weighted by molar-refractivity contribution is 7.11. The number of benzene rings is 1. The van der Waals surface area contributed by atoms with Crippen LogP contribution in [-0.4, -0.2) is 21.3 Å². The molecule has 0 spiro atoms. The van der Waals surface area contributed by atoms with Crippen LogP contribution in [0.25, 0.3) is 11.6 Å². The largest absolute Gasteiger partial charge is 0.493 e. The first-order chi connectivity index (χ1) is 10.2. The standard InChI is InChI=1S/C16H15NO3S/c1-18-13-8-11(9-14(19-2)16(13)20-3)7-12(10-17)15-5-4-6-21-15/h4-9H,1-3H3. The molecule has 108 valence electrons. The van der Waals surface area contributed by atoms with Gasteiger partial charge in [-0.25, -0.2) is 0 Å². The summed E-state index contributed by atoms with van der Waals surface area (Å²) in [7, 11) is 4.69. The number of hydrogen-bond donors (Lipinski definition) is 0. The summed E-state index contributed by atoms with van der Waals surface area (Å²) in [4.78, 5) is 0.922. The third-order valence-corrected chi connectivity index (χ3v) is 3.81. The maximum absolute atomic E-state index is 9.31. The Morgan fingerprint density at radius 2 is 1.81 bits per heavy atom. The minimum absolute atomic E-state index is 0.534. The van der Waals surface area contributed by atoms with Gasteiger partial charge in [0.1, 0.15) is 6.07 Å². The Balaban J connectivity index is 2.52. The lowest BCUT2D eigenvalue weighted by Gasteiger charge is -2.13. The summed E-state index contributed by atoms with van der Waals surface area (Å²) in [6.45, 7) is 0. The van der Waals surface area contributed by atoms with Crippen molar-refractivity contribution in [1.29, 1.82) is 5.26 Å². The van der Waals surface area contributed by atoms with Crippen molar-refractivity contribution in [3.05, 3.63) is 40.1 Å². The minimum Gasteiger partial charge on any atom is -0.493 e. The van der Waals surface area contributed by atoms with E-state index in [1.165, 1.54) is 11.3 Å². The van der Waals surface area contributed by atoms with Crippen LogP contribution in [0.15, 0.2) is 29.6 Å². The number of allylic oxidation sites excluding steroid dienone is 1. The molecule has 1 aromatic carbocycles. The Labute approximate surface area is 127 Å². The second kappa shape index (κ2) is 6.82. The summed E-state index contributed by atoms with van der Waals surface area (Å²) < 4.78 is 15.9. The van der Waals surface area contributed by atoms with Gasteiger partial charge in [0.05, 0.1) is 26.9 Å².